The number of alkyl halides is 2. The molecule has 0 unspecified atom stereocenters. The lowest BCUT2D eigenvalue weighted by Gasteiger charge is -2.51. The molecule has 1 aliphatic carbocycles. The summed E-state index contributed by atoms with van der Waals surface area (Å²) in [7, 11) is 0.400. The second-order valence-electron chi connectivity index (χ2n) is 14.3. The zero-order chi connectivity index (χ0) is 33.6. The van der Waals surface area contributed by atoms with E-state index in [0.29, 0.717) is 58.4 Å². The maximum Gasteiger partial charge on any atom is 0.387 e. The minimum absolute atomic E-state index is 0.0533. The quantitative estimate of drug-likeness (QED) is 0.219. The maximum atomic E-state index is 16.1. The summed E-state index contributed by atoms with van der Waals surface area (Å²) in [4.78, 5) is 24.5. The predicted molar refractivity (Wildman–Crippen MR) is 171 cm³/mol. The fraction of sp³-hybridized carbons (Fsp3) is 0.429. The minimum Gasteiger partial charge on any atom is -0.434 e. The Labute approximate surface area is 273 Å². The number of carbonyl (C=O) groups is 1. The zero-order valence-corrected chi connectivity index (χ0v) is 27.5. The third-order valence-electron chi connectivity index (χ3n) is 9.90. The van der Waals surface area contributed by atoms with Crippen molar-refractivity contribution in [1.29, 1.82) is 5.26 Å². The normalized spacial score (nSPS) is 25.6. The fourth-order valence-electron chi connectivity index (χ4n) is 7.77. The molecule has 8 nitrogen and oxygen atoms in total. The van der Waals surface area contributed by atoms with Gasteiger partial charge in [-0.15, -0.1) is 0 Å². The first-order valence-electron chi connectivity index (χ1n) is 15.5. The number of hydrogen-bond acceptors (Lipinski definition) is 6. The van der Waals surface area contributed by atoms with Crippen LogP contribution in [0.4, 0.5) is 13.2 Å². The molecule has 0 saturated heterocycles. The summed E-state index contributed by atoms with van der Waals surface area (Å²) < 4.78 is 62.6. The summed E-state index contributed by atoms with van der Waals surface area (Å²) in [6.07, 6.45) is 2.78. The highest BCUT2D eigenvalue weighted by molar-refractivity contribution is 7.86. The van der Waals surface area contributed by atoms with E-state index in [1.807, 2.05) is 50.5 Å². The molecule has 47 heavy (non-hydrogen) atoms. The number of imidazole rings is 1. The molecule has 3 aliphatic rings. The topological polar surface area (TPSA) is 101 Å². The number of carbonyl (C=O) groups excluding carboxylic acids is 1. The summed E-state index contributed by atoms with van der Waals surface area (Å²) in [5.41, 5.74) is 1.99. The van der Waals surface area contributed by atoms with E-state index in [0.717, 1.165) is 0 Å². The molecule has 2 bridgehead atoms. The van der Waals surface area contributed by atoms with Gasteiger partial charge in [0.1, 0.15) is 17.4 Å². The van der Waals surface area contributed by atoms with Crippen LogP contribution >= 0.6 is 0 Å². The lowest BCUT2D eigenvalue weighted by Crippen LogP contribution is -2.53. The van der Waals surface area contributed by atoms with Crippen LogP contribution in [0.1, 0.15) is 86.5 Å². The molecule has 1 amide bonds. The first-order chi connectivity index (χ1) is 22.1. The highest BCUT2D eigenvalue weighted by Crippen LogP contribution is 2.56. The second-order valence-corrected chi connectivity index (χ2v) is 16.5. The van der Waals surface area contributed by atoms with Crippen molar-refractivity contribution in [2.45, 2.75) is 75.8 Å². The average Bonchev–Trinajstić information content (AvgIpc) is 3.52. The Bertz CT molecular complexity index is 2030. The number of nitrogens with zero attached hydrogens (tertiary/aromatic N) is 5. The van der Waals surface area contributed by atoms with Gasteiger partial charge in [0.15, 0.2) is 0 Å². The highest BCUT2D eigenvalue weighted by atomic mass is 32.2. The van der Waals surface area contributed by atoms with Gasteiger partial charge >= 0.3 is 6.61 Å². The van der Waals surface area contributed by atoms with Crippen molar-refractivity contribution in [1.82, 2.24) is 19.4 Å². The standard InChI is InChI=1S/C35H34F3N5O3S/c1-33(2,3)47(45)18-35(15-34(4,16-35)17-39)29-22(36)11-20(14-40-29)19-9-10-23-24(12-19)43-25-13-26(30(43)41-23)42(5)31(44)21-7-6-8-27(28(21)25)46-32(37)38/h6-12,14,25-26,32H,13,15-16,18H2,1-5H3/t25-,26-,34?,35?,47-/m1/s1. The zero-order valence-electron chi connectivity index (χ0n) is 26.7. The van der Waals surface area contributed by atoms with Gasteiger partial charge in [0.2, 0.25) is 0 Å². The van der Waals surface area contributed by atoms with E-state index >= 15 is 4.39 Å². The third-order valence-corrected chi connectivity index (χ3v) is 12.1. The van der Waals surface area contributed by atoms with Gasteiger partial charge in [-0.05, 0) is 76.4 Å². The summed E-state index contributed by atoms with van der Waals surface area (Å²) in [5.74, 6) is -0.0268. The Hall–Kier alpha value is -4.24. The van der Waals surface area contributed by atoms with Crippen LogP contribution < -0.4 is 4.74 Å². The van der Waals surface area contributed by atoms with E-state index < -0.39 is 44.8 Å². The molecule has 0 spiro atoms. The van der Waals surface area contributed by atoms with Crippen molar-refractivity contribution in [2.24, 2.45) is 5.41 Å². The fourth-order valence-corrected chi connectivity index (χ4v) is 9.05. The minimum atomic E-state index is -3.06. The predicted octanol–water partition coefficient (Wildman–Crippen LogP) is 7.07. The van der Waals surface area contributed by atoms with Crippen molar-refractivity contribution >= 4 is 27.7 Å². The Morgan fingerprint density at radius 3 is 2.55 bits per heavy atom. The van der Waals surface area contributed by atoms with Gasteiger partial charge in [-0.3, -0.25) is 14.0 Å². The number of fused-ring (bicyclic) bond motifs is 9. The molecule has 0 radical (unpaired) electrons. The van der Waals surface area contributed by atoms with Crippen LogP contribution in [0.5, 0.6) is 5.75 Å². The van der Waals surface area contributed by atoms with Gasteiger partial charge in [0.25, 0.3) is 5.91 Å². The molecule has 0 N–H and O–H groups in total. The molecule has 1 saturated carbocycles. The Morgan fingerprint density at radius 2 is 1.89 bits per heavy atom. The number of amides is 1. The van der Waals surface area contributed by atoms with Crippen molar-refractivity contribution in [3.8, 4) is 22.9 Å². The Morgan fingerprint density at radius 1 is 1.15 bits per heavy atom. The SMILES string of the molecule is CN1C(=O)c2cccc(OC(F)F)c2[C@H]2C[C@@H]1c1nc3ccc(-c4cnc(C5(C[S@@](=O)C(C)(C)C)CC(C)(C#N)C5)c(F)c4)cc3n12. The number of hydrogen-bond donors (Lipinski definition) is 0. The summed E-state index contributed by atoms with van der Waals surface area (Å²) in [6.45, 7) is 4.42. The van der Waals surface area contributed by atoms with E-state index in [1.165, 1.54) is 18.2 Å². The highest BCUT2D eigenvalue weighted by Gasteiger charge is 2.56. The lowest BCUT2D eigenvalue weighted by molar-refractivity contribution is -0.0507. The smallest absolute Gasteiger partial charge is 0.387 e. The molecular formula is C35H34F3N5O3S. The molecule has 1 fully saturated rings. The van der Waals surface area contributed by atoms with Crippen LogP contribution in [0.2, 0.25) is 0 Å². The Kier molecular flexibility index (Phi) is 7.10. The first kappa shape index (κ1) is 31.4. The monoisotopic (exact) mass is 661 g/mol. The van der Waals surface area contributed by atoms with Crippen LogP contribution in [0.15, 0.2) is 48.7 Å². The molecule has 2 aromatic heterocycles. The molecule has 7 rings (SSSR count). The van der Waals surface area contributed by atoms with Crippen LogP contribution in [0.25, 0.3) is 22.2 Å². The first-order valence-corrected chi connectivity index (χ1v) is 16.8. The third kappa shape index (κ3) is 4.93. The van der Waals surface area contributed by atoms with Crippen molar-refractivity contribution in [3.05, 3.63) is 77.1 Å². The van der Waals surface area contributed by atoms with E-state index in [4.69, 9.17) is 9.72 Å². The number of aromatic nitrogens is 3. The van der Waals surface area contributed by atoms with Gasteiger partial charge in [-0.2, -0.15) is 14.0 Å². The van der Waals surface area contributed by atoms with Crippen molar-refractivity contribution in [3.63, 3.8) is 0 Å². The molecule has 4 heterocycles. The molecule has 2 aliphatic heterocycles. The Balaban J connectivity index is 1.30. The average molecular weight is 662 g/mol. The van der Waals surface area contributed by atoms with Crippen LogP contribution in [0, 0.1) is 22.6 Å². The summed E-state index contributed by atoms with van der Waals surface area (Å²) in [6, 6.07) is 13.0. The van der Waals surface area contributed by atoms with E-state index in [9.17, 15) is 23.0 Å². The molecule has 12 heteroatoms. The molecular weight excluding hydrogens is 627 g/mol. The number of halogens is 3. The number of rotatable bonds is 6. The van der Waals surface area contributed by atoms with E-state index in [2.05, 4.69) is 11.1 Å². The van der Waals surface area contributed by atoms with Crippen molar-refractivity contribution < 1.29 is 26.9 Å². The summed E-state index contributed by atoms with van der Waals surface area (Å²) in [5, 5.41) is 9.72. The van der Waals surface area contributed by atoms with Crippen molar-refractivity contribution in [2.75, 3.05) is 12.8 Å². The van der Waals surface area contributed by atoms with Crippen LogP contribution in [-0.4, -0.2) is 53.7 Å². The number of ether oxygens (including phenoxy) is 1. The molecule has 2 aromatic carbocycles. The number of benzene rings is 2. The summed E-state index contributed by atoms with van der Waals surface area (Å²) >= 11 is 0. The molecule has 244 valence electrons. The maximum absolute atomic E-state index is 16.1. The van der Waals surface area contributed by atoms with Gasteiger partial charge in [-0.25, -0.2) is 9.37 Å². The van der Waals surface area contributed by atoms with Crippen LogP contribution in [0.3, 0.4) is 0 Å². The second kappa shape index (κ2) is 10.6. The number of pyridine rings is 1. The molecule has 4 aromatic rings. The van der Waals surface area contributed by atoms with E-state index in [-0.39, 0.29) is 29.1 Å². The number of nitriles is 1. The van der Waals surface area contributed by atoms with Gasteiger partial charge < -0.3 is 14.2 Å². The van der Waals surface area contributed by atoms with Gasteiger partial charge in [0.05, 0.1) is 40.3 Å². The van der Waals surface area contributed by atoms with E-state index in [1.54, 1.807) is 24.2 Å². The van der Waals surface area contributed by atoms with Crippen LogP contribution in [-0.2, 0) is 16.2 Å². The lowest BCUT2D eigenvalue weighted by atomic mass is 9.53. The van der Waals surface area contributed by atoms with Gasteiger partial charge in [-0.1, -0.05) is 12.1 Å². The van der Waals surface area contributed by atoms with Gasteiger partial charge in [0, 0.05) is 63.1 Å². The molecule has 3 atom stereocenters. The largest absolute Gasteiger partial charge is 0.434 e.